The molecule has 2 aromatic rings. The van der Waals surface area contributed by atoms with Crippen LogP contribution < -0.4 is 4.74 Å². The third-order valence-corrected chi connectivity index (χ3v) is 5.81. The van der Waals surface area contributed by atoms with Gasteiger partial charge in [-0.25, -0.2) is 4.98 Å². The first-order valence-corrected chi connectivity index (χ1v) is 10.2. The van der Waals surface area contributed by atoms with Crippen molar-refractivity contribution in [2.45, 2.75) is 38.5 Å². The number of hydrogen-bond acceptors (Lipinski definition) is 4. The Kier molecular flexibility index (Phi) is 6.20. The second-order valence-electron chi connectivity index (χ2n) is 6.85. The fourth-order valence-electron chi connectivity index (χ4n) is 3.17. The minimum atomic E-state index is 0.0552. The highest BCUT2D eigenvalue weighted by Crippen LogP contribution is 2.36. The van der Waals surface area contributed by atoms with E-state index in [0.717, 1.165) is 25.3 Å². The third-order valence-electron chi connectivity index (χ3n) is 4.50. The molecule has 1 unspecified atom stereocenters. The van der Waals surface area contributed by atoms with Crippen molar-refractivity contribution in [2.75, 3.05) is 18.8 Å². The van der Waals surface area contributed by atoms with Crippen LogP contribution in [0.2, 0.25) is 0 Å². The molecule has 5 heteroatoms. The zero-order chi connectivity index (χ0) is 18.5. The molecule has 1 saturated heterocycles. The summed E-state index contributed by atoms with van der Waals surface area (Å²) in [5.74, 6) is 1.56. The lowest BCUT2D eigenvalue weighted by atomic mass is 10.0. The number of rotatable bonds is 4. The summed E-state index contributed by atoms with van der Waals surface area (Å²) in [7, 11) is 0. The van der Waals surface area contributed by atoms with E-state index in [9.17, 15) is 4.79 Å². The van der Waals surface area contributed by atoms with Gasteiger partial charge in [0.2, 0.25) is 5.88 Å². The number of carbonyl (C=O) groups is 1. The first kappa shape index (κ1) is 18.8. The minimum absolute atomic E-state index is 0.0552. The number of aryl methyl sites for hydroxylation is 1. The van der Waals surface area contributed by atoms with E-state index in [1.807, 2.05) is 36.6 Å². The van der Waals surface area contributed by atoms with Gasteiger partial charge in [0, 0.05) is 36.4 Å². The summed E-state index contributed by atoms with van der Waals surface area (Å²) in [6.07, 6.45) is 2.67. The summed E-state index contributed by atoms with van der Waals surface area (Å²) in [5, 5.41) is 0.453. The molecular weight excluding hydrogens is 344 g/mol. The highest BCUT2D eigenvalue weighted by atomic mass is 32.2. The normalized spacial score (nSPS) is 17.8. The lowest BCUT2D eigenvalue weighted by Crippen LogP contribution is -2.33. The van der Waals surface area contributed by atoms with Crippen molar-refractivity contribution in [3.05, 3.63) is 59.3 Å². The summed E-state index contributed by atoms with van der Waals surface area (Å²) in [5.41, 5.74) is 3.35. The molecule has 4 nitrogen and oxygen atoms in total. The molecule has 0 spiro atoms. The van der Waals surface area contributed by atoms with Gasteiger partial charge in [-0.2, -0.15) is 11.8 Å². The van der Waals surface area contributed by atoms with Crippen LogP contribution in [0.15, 0.2) is 42.6 Å². The summed E-state index contributed by atoms with van der Waals surface area (Å²) >= 11 is 1.95. The molecule has 1 amide bonds. The van der Waals surface area contributed by atoms with Gasteiger partial charge in [-0.3, -0.25) is 4.79 Å². The zero-order valence-corrected chi connectivity index (χ0v) is 16.5. The van der Waals surface area contributed by atoms with Crippen LogP contribution in [-0.4, -0.2) is 40.7 Å². The predicted molar refractivity (Wildman–Crippen MR) is 107 cm³/mol. The van der Waals surface area contributed by atoms with E-state index in [0.29, 0.717) is 16.7 Å². The molecule has 0 aliphatic carbocycles. The Morgan fingerprint density at radius 2 is 2.04 bits per heavy atom. The van der Waals surface area contributed by atoms with Crippen LogP contribution in [-0.2, 0) is 0 Å². The molecule has 1 aromatic carbocycles. The Hall–Kier alpha value is -2.01. The molecule has 1 atom stereocenters. The molecule has 0 N–H and O–H groups in total. The smallest absolute Gasteiger partial charge is 0.255 e. The molecule has 2 heterocycles. The first-order chi connectivity index (χ1) is 12.5. The van der Waals surface area contributed by atoms with Gasteiger partial charge in [0.15, 0.2) is 0 Å². The van der Waals surface area contributed by atoms with Crippen LogP contribution in [0.4, 0.5) is 0 Å². The van der Waals surface area contributed by atoms with Crippen molar-refractivity contribution in [1.82, 2.24) is 9.88 Å². The summed E-state index contributed by atoms with van der Waals surface area (Å²) in [6.45, 7) is 7.63. The molecule has 1 aromatic heterocycles. The molecule has 0 radical (unpaired) electrons. The third kappa shape index (κ3) is 4.58. The SMILES string of the molecule is Cc1ccccc1C1CCN(C(=O)c2ccc(OC(C)C)nc2)CCS1. The Labute approximate surface area is 160 Å². The molecule has 1 aliphatic heterocycles. The molecular formula is C21H26N2O2S. The van der Waals surface area contributed by atoms with Gasteiger partial charge < -0.3 is 9.64 Å². The minimum Gasteiger partial charge on any atom is -0.475 e. The summed E-state index contributed by atoms with van der Waals surface area (Å²) in [6, 6.07) is 12.1. The van der Waals surface area contributed by atoms with E-state index < -0.39 is 0 Å². The van der Waals surface area contributed by atoms with E-state index in [1.165, 1.54) is 11.1 Å². The molecule has 0 saturated carbocycles. The summed E-state index contributed by atoms with van der Waals surface area (Å²) < 4.78 is 5.55. The average molecular weight is 371 g/mol. The van der Waals surface area contributed by atoms with Crippen molar-refractivity contribution < 1.29 is 9.53 Å². The van der Waals surface area contributed by atoms with Crippen LogP contribution in [0.5, 0.6) is 5.88 Å². The lowest BCUT2D eigenvalue weighted by Gasteiger charge is -2.21. The van der Waals surface area contributed by atoms with Crippen molar-refractivity contribution in [2.24, 2.45) is 0 Å². The lowest BCUT2D eigenvalue weighted by molar-refractivity contribution is 0.0766. The average Bonchev–Trinajstić information content (AvgIpc) is 2.88. The highest BCUT2D eigenvalue weighted by Gasteiger charge is 2.23. The van der Waals surface area contributed by atoms with Crippen molar-refractivity contribution in [3.8, 4) is 5.88 Å². The molecule has 3 rings (SSSR count). The fourth-order valence-corrected chi connectivity index (χ4v) is 4.50. The molecule has 1 aliphatic rings. The number of nitrogens with zero attached hydrogens (tertiary/aromatic N) is 2. The van der Waals surface area contributed by atoms with E-state index in [2.05, 4.69) is 36.2 Å². The van der Waals surface area contributed by atoms with Gasteiger partial charge in [-0.05, 0) is 44.4 Å². The van der Waals surface area contributed by atoms with Crippen LogP contribution in [0.1, 0.15) is 47.0 Å². The Morgan fingerprint density at radius 1 is 1.23 bits per heavy atom. The molecule has 26 heavy (non-hydrogen) atoms. The predicted octanol–water partition coefficient (Wildman–Crippen LogP) is 4.50. The number of ether oxygens (including phenoxy) is 1. The number of pyridine rings is 1. The molecule has 1 fully saturated rings. The van der Waals surface area contributed by atoms with E-state index in [4.69, 9.17) is 4.74 Å². The van der Waals surface area contributed by atoms with Crippen LogP contribution >= 0.6 is 11.8 Å². The quantitative estimate of drug-likeness (QED) is 0.795. The van der Waals surface area contributed by atoms with Gasteiger partial charge in [0.05, 0.1) is 11.7 Å². The van der Waals surface area contributed by atoms with Crippen LogP contribution in [0.3, 0.4) is 0 Å². The number of hydrogen-bond donors (Lipinski definition) is 0. The van der Waals surface area contributed by atoms with Gasteiger partial charge >= 0.3 is 0 Å². The van der Waals surface area contributed by atoms with E-state index >= 15 is 0 Å². The molecule has 138 valence electrons. The van der Waals surface area contributed by atoms with Crippen molar-refractivity contribution in [1.29, 1.82) is 0 Å². The van der Waals surface area contributed by atoms with Crippen LogP contribution in [0.25, 0.3) is 0 Å². The molecule has 0 bridgehead atoms. The number of benzene rings is 1. The van der Waals surface area contributed by atoms with Crippen molar-refractivity contribution >= 4 is 17.7 Å². The Balaban J connectivity index is 1.65. The topological polar surface area (TPSA) is 42.4 Å². The maximum atomic E-state index is 12.8. The highest BCUT2D eigenvalue weighted by molar-refractivity contribution is 7.99. The van der Waals surface area contributed by atoms with Gasteiger partial charge in [-0.1, -0.05) is 24.3 Å². The maximum absolute atomic E-state index is 12.8. The Bertz CT molecular complexity index is 746. The zero-order valence-electron chi connectivity index (χ0n) is 15.6. The van der Waals surface area contributed by atoms with Crippen molar-refractivity contribution in [3.63, 3.8) is 0 Å². The second-order valence-corrected chi connectivity index (χ2v) is 8.16. The van der Waals surface area contributed by atoms with E-state index in [1.54, 1.807) is 12.3 Å². The van der Waals surface area contributed by atoms with Crippen LogP contribution in [0, 0.1) is 6.92 Å². The number of amides is 1. The number of carbonyl (C=O) groups excluding carboxylic acids is 1. The maximum Gasteiger partial charge on any atom is 0.255 e. The van der Waals surface area contributed by atoms with Gasteiger partial charge in [0.25, 0.3) is 5.91 Å². The first-order valence-electron chi connectivity index (χ1n) is 9.13. The number of aromatic nitrogens is 1. The Morgan fingerprint density at radius 3 is 2.73 bits per heavy atom. The second kappa shape index (κ2) is 8.58. The van der Waals surface area contributed by atoms with Gasteiger partial charge in [-0.15, -0.1) is 0 Å². The van der Waals surface area contributed by atoms with Gasteiger partial charge in [0.1, 0.15) is 0 Å². The number of thioether (sulfide) groups is 1. The monoisotopic (exact) mass is 370 g/mol. The largest absolute Gasteiger partial charge is 0.475 e. The summed E-state index contributed by atoms with van der Waals surface area (Å²) in [4.78, 5) is 19.0. The standard InChI is InChI=1S/C21H26N2O2S/c1-15(2)25-20-9-8-17(14-22-20)21(24)23-11-10-19(26-13-12-23)18-7-5-4-6-16(18)3/h4-9,14-15,19H,10-13H2,1-3H3. The fraction of sp³-hybridized carbons (Fsp3) is 0.429. The van der Waals surface area contributed by atoms with E-state index in [-0.39, 0.29) is 12.0 Å².